The van der Waals surface area contributed by atoms with Crippen molar-refractivity contribution in [1.29, 1.82) is 0 Å². The molecule has 0 saturated carbocycles. The van der Waals surface area contributed by atoms with Crippen LogP contribution >= 0.6 is 0 Å². The monoisotopic (exact) mass is 253 g/mol. The number of hydrogen-bond donors (Lipinski definition) is 2. The fourth-order valence-electron chi connectivity index (χ4n) is 1.98. The Kier molecular flexibility index (Phi) is 4.97. The number of nitrogens with zero attached hydrogens (tertiary/aromatic N) is 1. The summed E-state index contributed by atoms with van der Waals surface area (Å²) in [6.07, 6.45) is 0. The Morgan fingerprint density at radius 2 is 2.00 bits per heavy atom. The highest BCUT2D eigenvalue weighted by Crippen LogP contribution is 2.31. The summed E-state index contributed by atoms with van der Waals surface area (Å²) in [5.41, 5.74) is 0.546. The quantitative estimate of drug-likeness (QED) is 0.810. The van der Waals surface area contributed by atoms with Gasteiger partial charge in [0.1, 0.15) is 6.04 Å². The maximum absolute atomic E-state index is 11.4. The minimum absolute atomic E-state index is 0.0478. The zero-order valence-corrected chi connectivity index (χ0v) is 10.9. The fourth-order valence-corrected chi connectivity index (χ4v) is 1.98. The molecule has 5 nitrogen and oxygen atoms in total. The Hall–Kier alpha value is -1.75. The van der Waals surface area contributed by atoms with Crippen LogP contribution in [0.15, 0.2) is 18.2 Å². The van der Waals surface area contributed by atoms with E-state index in [4.69, 9.17) is 4.74 Å². The highest BCUT2D eigenvalue weighted by molar-refractivity contribution is 5.76. The van der Waals surface area contributed by atoms with Gasteiger partial charge in [0.2, 0.25) is 0 Å². The largest absolute Gasteiger partial charge is 0.504 e. The van der Waals surface area contributed by atoms with Gasteiger partial charge in [0, 0.05) is 0 Å². The minimum Gasteiger partial charge on any atom is -0.504 e. The molecule has 0 heterocycles. The van der Waals surface area contributed by atoms with Gasteiger partial charge in [-0.2, -0.15) is 0 Å². The third-order valence-electron chi connectivity index (χ3n) is 2.93. The molecule has 18 heavy (non-hydrogen) atoms. The van der Waals surface area contributed by atoms with Crippen molar-refractivity contribution in [1.82, 2.24) is 4.90 Å². The van der Waals surface area contributed by atoms with E-state index in [0.717, 1.165) is 0 Å². The summed E-state index contributed by atoms with van der Waals surface area (Å²) < 4.78 is 4.94. The topological polar surface area (TPSA) is 70.0 Å². The molecular weight excluding hydrogens is 234 g/mol. The number of ether oxygens (including phenoxy) is 1. The molecule has 0 radical (unpaired) electrons. The second kappa shape index (κ2) is 6.26. The van der Waals surface area contributed by atoms with Gasteiger partial charge < -0.3 is 14.9 Å². The molecule has 1 unspecified atom stereocenters. The number of carboxylic acid groups (broad SMARTS) is 1. The van der Waals surface area contributed by atoms with Crippen LogP contribution in [0.3, 0.4) is 0 Å². The summed E-state index contributed by atoms with van der Waals surface area (Å²) >= 11 is 0. The molecule has 5 heteroatoms. The number of rotatable bonds is 6. The lowest BCUT2D eigenvalue weighted by Crippen LogP contribution is -2.33. The van der Waals surface area contributed by atoms with E-state index in [1.165, 1.54) is 13.2 Å². The fraction of sp³-hybridized carbons (Fsp3) is 0.462. The molecule has 100 valence electrons. The van der Waals surface area contributed by atoms with E-state index in [2.05, 4.69) is 0 Å². The third kappa shape index (κ3) is 2.92. The summed E-state index contributed by atoms with van der Waals surface area (Å²) in [6, 6.07) is 3.92. The van der Waals surface area contributed by atoms with Crippen molar-refractivity contribution in [3.05, 3.63) is 23.8 Å². The first kappa shape index (κ1) is 14.3. The minimum atomic E-state index is -0.928. The molecule has 2 N–H and O–H groups in total. The van der Waals surface area contributed by atoms with Gasteiger partial charge in [-0.3, -0.25) is 9.69 Å². The van der Waals surface area contributed by atoms with Crippen LogP contribution in [-0.4, -0.2) is 41.3 Å². The number of carboxylic acids is 1. The number of phenols is 1. The van der Waals surface area contributed by atoms with Crippen LogP contribution in [0.1, 0.15) is 25.5 Å². The number of aliphatic carboxylic acids is 1. The summed E-state index contributed by atoms with van der Waals surface area (Å²) in [6.45, 7) is 5.06. The Bertz CT molecular complexity index is 415. The molecule has 1 rings (SSSR count). The standard InChI is InChI=1S/C13H19NO4/c1-4-14(5-2)12(13(16)17)9-6-7-11(18-3)10(15)8-9/h6-8,12,15H,4-5H2,1-3H3,(H,16,17). The van der Waals surface area contributed by atoms with Crippen molar-refractivity contribution in [3.63, 3.8) is 0 Å². The predicted molar refractivity (Wildman–Crippen MR) is 68.0 cm³/mol. The van der Waals surface area contributed by atoms with E-state index < -0.39 is 12.0 Å². The van der Waals surface area contributed by atoms with E-state index in [9.17, 15) is 15.0 Å². The highest BCUT2D eigenvalue weighted by Gasteiger charge is 2.26. The number of phenolic OH excluding ortho intramolecular Hbond substituents is 1. The van der Waals surface area contributed by atoms with Crippen LogP contribution in [0.4, 0.5) is 0 Å². The van der Waals surface area contributed by atoms with E-state index in [-0.39, 0.29) is 5.75 Å². The molecule has 0 aromatic heterocycles. The van der Waals surface area contributed by atoms with Crippen molar-refractivity contribution >= 4 is 5.97 Å². The number of aromatic hydroxyl groups is 1. The molecule has 0 spiro atoms. The second-order valence-corrected chi connectivity index (χ2v) is 3.89. The van der Waals surface area contributed by atoms with Gasteiger partial charge in [0.25, 0.3) is 0 Å². The van der Waals surface area contributed by atoms with Crippen LogP contribution < -0.4 is 4.74 Å². The van der Waals surface area contributed by atoms with Gasteiger partial charge in [-0.25, -0.2) is 0 Å². The molecule has 0 aliphatic rings. The van der Waals surface area contributed by atoms with Crippen molar-refractivity contribution in [2.24, 2.45) is 0 Å². The van der Waals surface area contributed by atoms with Crippen molar-refractivity contribution in [2.45, 2.75) is 19.9 Å². The van der Waals surface area contributed by atoms with Crippen LogP contribution in [-0.2, 0) is 4.79 Å². The summed E-state index contributed by atoms with van der Waals surface area (Å²) in [5.74, 6) is -0.640. The molecule has 0 saturated heterocycles. The Balaban J connectivity index is 3.14. The van der Waals surface area contributed by atoms with Gasteiger partial charge in [-0.15, -0.1) is 0 Å². The van der Waals surface area contributed by atoms with Crippen LogP contribution in [0.25, 0.3) is 0 Å². The van der Waals surface area contributed by atoms with Gasteiger partial charge in [-0.1, -0.05) is 19.9 Å². The van der Waals surface area contributed by atoms with Crippen molar-refractivity contribution in [2.75, 3.05) is 20.2 Å². The van der Waals surface area contributed by atoms with Crippen molar-refractivity contribution in [3.8, 4) is 11.5 Å². The number of carbonyl (C=O) groups is 1. The second-order valence-electron chi connectivity index (χ2n) is 3.89. The predicted octanol–water partition coefficient (Wildman–Crippen LogP) is 1.87. The Morgan fingerprint density at radius 3 is 2.39 bits per heavy atom. The lowest BCUT2D eigenvalue weighted by Gasteiger charge is -2.26. The molecule has 1 atom stereocenters. The number of hydrogen-bond acceptors (Lipinski definition) is 4. The maximum Gasteiger partial charge on any atom is 0.325 e. The number of likely N-dealkylation sites (N-methyl/N-ethyl adjacent to an activating group) is 1. The molecule has 0 aliphatic carbocycles. The number of benzene rings is 1. The maximum atomic E-state index is 11.4. The average molecular weight is 253 g/mol. The molecular formula is C13H19NO4. The van der Waals surface area contributed by atoms with E-state index in [0.29, 0.717) is 24.4 Å². The molecule has 1 aromatic rings. The van der Waals surface area contributed by atoms with Crippen molar-refractivity contribution < 1.29 is 19.7 Å². The van der Waals surface area contributed by atoms with E-state index in [1.54, 1.807) is 12.1 Å². The van der Waals surface area contributed by atoms with Crippen LogP contribution in [0.5, 0.6) is 11.5 Å². The molecule has 0 aliphatic heterocycles. The van der Waals surface area contributed by atoms with E-state index >= 15 is 0 Å². The zero-order valence-electron chi connectivity index (χ0n) is 10.9. The Labute approximate surface area is 107 Å². The van der Waals surface area contributed by atoms with Gasteiger partial charge in [0.15, 0.2) is 11.5 Å². The first-order valence-electron chi connectivity index (χ1n) is 5.88. The SMILES string of the molecule is CCN(CC)C(C(=O)O)c1ccc(OC)c(O)c1. The average Bonchev–Trinajstić information content (AvgIpc) is 2.35. The Morgan fingerprint density at radius 1 is 1.39 bits per heavy atom. The normalized spacial score (nSPS) is 12.4. The lowest BCUT2D eigenvalue weighted by atomic mass is 10.0. The van der Waals surface area contributed by atoms with Gasteiger partial charge >= 0.3 is 5.97 Å². The molecule has 1 aromatic carbocycles. The first-order valence-corrected chi connectivity index (χ1v) is 5.88. The van der Waals surface area contributed by atoms with Crippen LogP contribution in [0, 0.1) is 0 Å². The number of methoxy groups -OCH3 is 1. The zero-order chi connectivity index (χ0) is 13.7. The molecule has 0 fully saturated rings. The molecule has 0 amide bonds. The highest BCUT2D eigenvalue weighted by atomic mass is 16.5. The van der Waals surface area contributed by atoms with Crippen LogP contribution in [0.2, 0.25) is 0 Å². The van der Waals surface area contributed by atoms with Gasteiger partial charge in [0.05, 0.1) is 7.11 Å². The summed E-state index contributed by atoms with van der Waals surface area (Å²) in [5, 5.41) is 19.0. The third-order valence-corrected chi connectivity index (χ3v) is 2.93. The smallest absolute Gasteiger partial charge is 0.325 e. The van der Waals surface area contributed by atoms with E-state index in [1.807, 2.05) is 18.7 Å². The summed E-state index contributed by atoms with van der Waals surface area (Å²) in [7, 11) is 1.45. The first-order chi connectivity index (χ1) is 8.54. The lowest BCUT2D eigenvalue weighted by molar-refractivity contribution is -0.143. The molecule has 0 bridgehead atoms. The van der Waals surface area contributed by atoms with Gasteiger partial charge in [-0.05, 0) is 30.8 Å². The summed E-state index contributed by atoms with van der Waals surface area (Å²) in [4.78, 5) is 13.2.